The molecule has 2 fully saturated rings. The van der Waals surface area contributed by atoms with Crippen molar-refractivity contribution in [2.24, 2.45) is 0 Å². The first-order chi connectivity index (χ1) is 17.6. The Morgan fingerprint density at radius 3 is 2.47 bits per heavy atom. The Hall–Kier alpha value is -3.27. The Kier molecular flexibility index (Phi) is 6.20. The van der Waals surface area contributed by atoms with Crippen LogP contribution in [-0.4, -0.2) is 46.0 Å². The fraction of sp³-hybridized carbons (Fsp3) is 0.296. The van der Waals surface area contributed by atoms with E-state index >= 15 is 0 Å². The molecule has 0 saturated carbocycles. The maximum atomic E-state index is 5.94. The van der Waals surface area contributed by atoms with Crippen molar-refractivity contribution in [1.29, 1.82) is 0 Å². The number of nitrogens with one attached hydrogen (secondary N) is 1. The zero-order chi connectivity index (χ0) is 24.6. The Bertz CT molecular complexity index is 1350. The molecule has 0 radical (unpaired) electrons. The number of morpholine rings is 1. The molecule has 0 amide bonds. The molecule has 2 saturated heterocycles. The third kappa shape index (κ3) is 4.07. The molecule has 1 N–H and O–H groups in total. The second kappa shape index (κ2) is 9.65. The van der Waals surface area contributed by atoms with Gasteiger partial charge in [-0.1, -0.05) is 6.07 Å². The number of rotatable bonds is 5. The highest BCUT2D eigenvalue weighted by Crippen LogP contribution is 2.44. The van der Waals surface area contributed by atoms with Crippen LogP contribution >= 0.6 is 23.6 Å². The van der Waals surface area contributed by atoms with E-state index in [0.717, 1.165) is 54.2 Å². The maximum Gasteiger partial charge on any atom is 0.193 e. The number of anilines is 2. The quantitative estimate of drug-likeness (QED) is 0.376. The number of pyridine rings is 1. The Labute approximate surface area is 220 Å². The van der Waals surface area contributed by atoms with Gasteiger partial charge in [0.05, 0.1) is 31.0 Å². The van der Waals surface area contributed by atoms with E-state index in [2.05, 4.69) is 74.9 Å². The summed E-state index contributed by atoms with van der Waals surface area (Å²) in [7, 11) is 0. The maximum absolute atomic E-state index is 5.94. The Morgan fingerprint density at radius 1 is 1.00 bits per heavy atom. The van der Waals surface area contributed by atoms with Gasteiger partial charge in [0.25, 0.3) is 0 Å². The fourth-order valence-corrected chi connectivity index (χ4v) is 6.40. The third-order valence-electron chi connectivity index (χ3n) is 7.00. The summed E-state index contributed by atoms with van der Waals surface area (Å²) < 4.78 is 7.75. The van der Waals surface area contributed by atoms with Crippen LogP contribution in [0.5, 0.6) is 0 Å². The lowest BCUT2D eigenvalue weighted by Crippen LogP contribution is -2.36. The summed E-state index contributed by atoms with van der Waals surface area (Å²) in [6.45, 7) is 7.66. The van der Waals surface area contributed by atoms with Gasteiger partial charge >= 0.3 is 0 Å². The summed E-state index contributed by atoms with van der Waals surface area (Å²) >= 11 is 7.58. The molecule has 6 rings (SSSR count). The molecular weight excluding hydrogens is 488 g/mol. The van der Waals surface area contributed by atoms with Crippen molar-refractivity contribution in [2.45, 2.75) is 25.9 Å². The second-order valence-corrected chi connectivity index (χ2v) is 10.3. The molecule has 2 atom stereocenters. The first-order valence-corrected chi connectivity index (χ1v) is 13.4. The molecule has 36 heavy (non-hydrogen) atoms. The van der Waals surface area contributed by atoms with E-state index < -0.39 is 0 Å². The molecule has 2 aliphatic rings. The van der Waals surface area contributed by atoms with Crippen LogP contribution in [0.1, 0.15) is 34.7 Å². The molecule has 0 unspecified atom stereocenters. The van der Waals surface area contributed by atoms with Gasteiger partial charge in [0, 0.05) is 53.6 Å². The number of benzene rings is 1. The van der Waals surface area contributed by atoms with Gasteiger partial charge in [-0.3, -0.25) is 9.55 Å². The highest BCUT2D eigenvalue weighted by atomic mass is 32.1. The number of ether oxygens (including phenoxy) is 1. The van der Waals surface area contributed by atoms with Gasteiger partial charge in [-0.05, 0) is 74.1 Å². The predicted molar refractivity (Wildman–Crippen MR) is 148 cm³/mol. The summed E-state index contributed by atoms with van der Waals surface area (Å²) in [5, 5.41) is 7.27. The van der Waals surface area contributed by atoms with Crippen LogP contribution in [-0.2, 0) is 4.74 Å². The van der Waals surface area contributed by atoms with Crippen molar-refractivity contribution in [1.82, 2.24) is 19.9 Å². The zero-order valence-electron chi connectivity index (χ0n) is 20.3. The standard InChI is InChI=1S/C27H28N6OS2/c1-18-17-22(19(2)32(18)27-29-11-16-36-27)25-24(23-5-3-4-10-28-23)30-26(35)33(25)21-8-6-20(7-9-21)31-12-14-34-15-13-31/h3-11,16-17,24-25H,12-15H2,1-2H3,(H,30,35)/t24-,25-/m1/s1. The normalized spacial score (nSPS) is 20.1. The molecule has 9 heteroatoms. The van der Waals surface area contributed by atoms with E-state index in [9.17, 15) is 0 Å². The highest BCUT2D eigenvalue weighted by Gasteiger charge is 2.42. The van der Waals surface area contributed by atoms with Crippen LogP contribution in [0.4, 0.5) is 11.4 Å². The minimum atomic E-state index is -0.0807. The van der Waals surface area contributed by atoms with Crippen molar-refractivity contribution in [3.63, 3.8) is 0 Å². The van der Waals surface area contributed by atoms with Crippen LogP contribution in [0.25, 0.3) is 5.13 Å². The lowest BCUT2D eigenvalue weighted by molar-refractivity contribution is 0.122. The second-order valence-electron chi connectivity index (χ2n) is 9.09. The van der Waals surface area contributed by atoms with Gasteiger partial charge in [0.2, 0.25) is 0 Å². The topological polar surface area (TPSA) is 58.5 Å². The molecule has 1 aromatic carbocycles. The van der Waals surface area contributed by atoms with Gasteiger partial charge in [0.15, 0.2) is 10.2 Å². The number of thiazole rings is 1. The van der Waals surface area contributed by atoms with E-state index in [1.54, 1.807) is 11.3 Å². The van der Waals surface area contributed by atoms with Gasteiger partial charge in [-0.2, -0.15) is 0 Å². The fourth-order valence-electron chi connectivity index (χ4n) is 5.30. The SMILES string of the molecule is Cc1cc([C@@H]2[C@@H](c3ccccn3)NC(=S)N2c2ccc(N3CCOCC3)cc2)c(C)n1-c1nccs1. The van der Waals surface area contributed by atoms with Crippen LogP contribution in [0.2, 0.25) is 0 Å². The van der Waals surface area contributed by atoms with Crippen molar-refractivity contribution < 1.29 is 4.74 Å². The van der Waals surface area contributed by atoms with Crippen molar-refractivity contribution in [2.75, 3.05) is 36.1 Å². The van der Waals surface area contributed by atoms with Crippen LogP contribution in [0.3, 0.4) is 0 Å². The number of hydrogen-bond acceptors (Lipinski definition) is 6. The molecule has 0 spiro atoms. The average molecular weight is 517 g/mol. The van der Waals surface area contributed by atoms with E-state index in [1.165, 1.54) is 11.3 Å². The van der Waals surface area contributed by atoms with Gasteiger partial charge in [0.1, 0.15) is 0 Å². The minimum absolute atomic E-state index is 0.0541. The monoisotopic (exact) mass is 516 g/mol. The summed E-state index contributed by atoms with van der Waals surface area (Å²) in [5.41, 5.74) is 6.76. The van der Waals surface area contributed by atoms with Crippen molar-refractivity contribution in [3.05, 3.63) is 88.9 Å². The zero-order valence-corrected chi connectivity index (χ0v) is 21.9. The Balaban J connectivity index is 1.43. The molecule has 0 bridgehead atoms. The highest BCUT2D eigenvalue weighted by molar-refractivity contribution is 7.80. The summed E-state index contributed by atoms with van der Waals surface area (Å²) in [6.07, 6.45) is 3.69. The Morgan fingerprint density at radius 2 is 1.78 bits per heavy atom. The largest absolute Gasteiger partial charge is 0.378 e. The van der Waals surface area contributed by atoms with Crippen molar-refractivity contribution >= 4 is 40.0 Å². The van der Waals surface area contributed by atoms with Crippen LogP contribution in [0.15, 0.2) is 66.3 Å². The van der Waals surface area contributed by atoms with Gasteiger partial charge < -0.3 is 19.9 Å². The number of aromatic nitrogens is 3. The van der Waals surface area contributed by atoms with E-state index in [0.29, 0.717) is 5.11 Å². The summed E-state index contributed by atoms with van der Waals surface area (Å²) in [4.78, 5) is 13.9. The third-order valence-corrected chi connectivity index (χ3v) is 8.07. The van der Waals surface area contributed by atoms with Gasteiger partial charge in [-0.25, -0.2) is 4.98 Å². The van der Waals surface area contributed by atoms with Crippen LogP contribution < -0.4 is 15.1 Å². The molecule has 3 aromatic heterocycles. The van der Waals surface area contributed by atoms with Crippen molar-refractivity contribution in [3.8, 4) is 5.13 Å². The number of nitrogens with zero attached hydrogens (tertiary/aromatic N) is 5. The molecule has 5 heterocycles. The molecule has 2 aliphatic heterocycles. The lowest BCUT2D eigenvalue weighted by atomic mass is 9.96. The van der Waals surface area contributed by atoms with Crippen LogP contribution in [0, 0.1) is 13.8 Å². The first kappa shape index (κ1) is 23.1. The molecule has 184 valence electrons. The van der Waals surface area contributed by atoms with Gasteiger partial charge in [-0.15, -0.1) is 11.3 Å². The number of hydrogen-bond donors (Lipinski definition) is 1. The molecule has 0 aliphatic carbocycles. The van der Waals surface area contributed by atoms with E-state index in [1.807, 2.05) is 29.9 Å². The number of aryl methyl sites for hydroxylation is 1. The summed E-state index contributed by atoms with van der Waals surface area (Å²) in [6, 6.07) is 16.9. The molecule has 7 nitrogen and oxygen atoms in total. The molecule has 4 aromatic rings. The minimum Gasteiger partial charge on any atom is -0.378 e. The van der Waals surface area contributed by atoms with E-state index in [-0.39, 0.29) is 12.1 Å². The molecular formula is C27H28N6OS2. The smallest absolute Gasteiger partial charge is 0.193 e. The summed E-state index contributed by atoms with van der Waals surface area (Å²) in [5.74, 6) is 0. The first-order valence-electron chi connectivity index (χ1n) is 12.1. The predicted octanol–water partition coefficient (Wildman–Crippen LogP) is 4.96. The average Bonchev–Trinajstić information content (AvgIpc) is 3.63. The lowest BCUT2D eigenvalue weighted by Gasteiger charge is -2.31. The van der Waals surface area contributed by atoms with E-state index in [4.69, 9.17) is 21.9 Å². The number of thiocarbonyl (C=S) groups is 1.